The number of nitrogens with zero attached hydrogens (tertiary/aromatic N) is 1. The molecule has 0 atom stereocenters. The molecule has 7 nitrogen and oxygen atoms in total. The summed E-state index contributed by atoms with van der Waals surface area (Å²) in [6.07, 6.45) is 1.13. The standard InChI is InChI=1S/C26H26ClN3O4/c1-3-33-24-14-19(10-13-23(24)34-17-20-6-4-5-7-22(20)27)16-28-30-26(32)15-25(31)29-21-11-8-18(2)9-12-21/h4-14,16H,3,15,17H2,1-2H3,(H,29,31)(H,30,32). The van der Waals surface area contributed by atoms with Gasteiger partial charge >= 0.3 is 0 Å². The van der Waals surface area contributed by atoms with Crippen LogP contribution in [0.3, 0.4) is 0 Å². The molecule has 0 heterocycles. The Morgan fingerprint density at radius 2 is 1.74 bits per heavy atom. The van der Waals surface area contributed by atoms with Crippen molar-refractivity contribution in [2.45, 2.75) is 26.9 Å². The highest BCUT2D eigenvalue weighted by molar-refractivity contribution is 6.31. The van der Waals surface area contributed by atoms with E-state index in [1.807, 2.05) is 50.2 Å². The fraction of sp³-hybridized carbons (Fsp3) is 0.192. The maximum Gasteiger partial charge on any atom is 0.249 e. The van der Waals surface area contributed by atoms with Crippen molar-refractivity contribution in [1.29, 1.82) is 0 Å². The van der Waals surface area contributed by atoms with E-state index in [1.165, 1.54) is 6.21 Å². The highest BCUT2D eigenvalue weighted by Gasteiger charge is 2.10. The fourth-order valence-corrected chi connectivity index (χ4v) is 3.16. The molecular formula is C26H26ClN3O4. The predicted molar refractivity (Wildman–Crippen MR) is 134 cm³/mol. The van der Waals surface area contributed by atoms with Crippen LogP contribution in [0.25, 0.3) is 0 Å². The Hall–Kier alpha value is -3.84. The number of halogens is 1. The lowest BCUT2D eigenvalue weighted by Crippen LogP contribution is -2.24. The van der Waals surface area contributed by atoms with E-state index >= 15 is 0 Å². The van der Waals surface area contributed by atoms with Crippen LogP contribution in [0.2, 0.25) is 5.02 Å². The maximum absolute atomic E-state index is 12.0. The monoisotopic (exact) mass is 479 g/mol. The van der Waals surface area contributed by atoms with Gasteiger partial charge in [0.15, 0.2) is 11.5 Å². The highest BCUT2D eigenvalue weighted by Crippen LogP contribution is 2.29. The van der Waals surface area contributed by atoms with Crippen LogP contribution in [0, 0.1) is 6.92 Å². The molecule has 0 saturated carbocycles. The smallest absolute Gasteiger partial charge is 0.249 e. The molecular weight excluding hydrogens is 454 g/mol. The number of rotatable bonds is 10. The Balaban J connectivity index is 1.54. The second kappa shape index (κ2) is 12.4. The van der Waals surface area contributed by atoms with Crippen molar-refractivity contribution in [1.82, 2.24) is 5.43 Å². The van der Waals surface area contributed by atoms with Crippen LogP contribution < -0.4 is 20.2 Å². The first kappa shape index (κ1) is 24.8. The molecule has 2 amide bonds. The number of hydrogen-bond acceptors (Lipinski definition) is 5. The molecule has 0 saturated heterocycles. The first-order valence-electron chi connectivity index (χ1n) is 10.8. The van der Waals surface area contributed by atoms with Gasteiger partial charge in [-0.25, -0.2) is 5.43 Å². The van der Waals surface area contributed by atoms with E-state index in [9.17, 15) is 9.59 Å². The van der Waals surface area contributed by atoms with Gasteiger partial charge in [0.1, 0.15) is 13.0 Å². The minimum atomic E-state index is -0.523. The number of hydrogen-bond donors (Lipinski definition) is 2. The van der Waals surface area contributed by atoms with E-state index in [0.29, 0.717) is 41.0 Å². The molecule has 176 valence electrons. The normalized spacial score (nSPS) is 10.7. The average molecular weight is 480 g/mol. The topological polar surface area (TPSA) is 89.0 Å². The van der Waals surface area contributed by atoms with E-state index in [-0.39, 0.29) is 6.42 Å². The van der Waals surface area contributed by atoms with E-state index < -0.39 is 11.8 Å². The van der Waals surface area contributed by atoms with Crippen molar-refractivity contribution in [3.8, 4) is 11.5 Å². The first-order chi connectivity index (χ1) is 16.4. The molecule has 2 N–H and O–H groups in total. The number of carbonyl (C=O) groups excluding carboxylic acids is 2. The molecule has 3 rings (SSSR count). The van der Waals surface area contributed by atoms with Gasteiger partial charge < -0.3 is 14.8 Å². The largest absolute Gasteiger partial charge is 0.490 e. The molecule has 8 heteroatoms. The summed E-state index contributed by atoms with van der Waals surface area (Å²) in [6, 6.07) is 20.1. The van der Waals surface area contributed by atoms with E-state index in [0.717, 1.165) is 11.1 Å². The molecule has 0 unspecified atom stereocenters. The predicted octanol–water partition coefficient (Wildman–Crippen LogP) is 5.11. The lowest BCUT2D eigenvalue weighted by Gasteiger charge is -2.13. The zero-order valence-electron chi connectivity index (χ0n) is 19.0. The van der Waals surface area contributed by atoms with Gasteiger partial charge in [-0.05, 0) is 55.8 Å². The van der Waals surface area contributed by atoms with Crippen molar-refractivity contribution in [3.05, 3.63) is 88.4 Å². The van der Waals surface area contributed by atoms with Gasteiger partial charge in [0.25, 0.3) is 0 Å². The Kier molecular flexibility index (Phi) is 9.05. The van der Waals surface area contributed by atoms with Gasteiger partial charge in [-0.1, -0.05) is 47.5 Å². The van der Waals surface area contributed by atoms with Crippen LogP contribution >= 0.6 is 11.6 Å². The van der Waals surface area contributed by atoms with Gasteiger partial charge in [-0.15, -0.1) is 0 Å². The summed E-state index contributed by atoms with van der Waals surface area (Å²) in [5.41, 5.74) is 5.63. The van der Waals surface area contributed by atoms with Crippen molar-refractivity contribution in [2.75, 3.05) is 11.9 Å². The summed E-state index contributed by atoms with van der Waals surface area (Å²) in [5, 5.41) is 7.24. The van der Waals surface area contributed by atoms with Crippen molar-refractivity contribution in [3.63, 3.8) is 0 Å². The fourth-order valence-electron chi connectivity index (χ4n) is 2.97. The zero-order chi connectivity index (χ0) is 24.3. The van der Waals surface area contributed by atoms with Crippen LogP contribution in [0.1, 0.15) is 30.0 Å². The van der Waals surface area contributed by atoms with E-state index in [2.05, 4.69) is 15.8 Å². The van der Waals surface area contributed by atoms with Gasteiger partial charge in [0, 0.05) is 16.3 Å². The Bertz CT molecular complexity index is 1160. The molecule has 0 aliphatic carbocycles. The molecule has 0 aliphatic rings. The molecule has 0 bridgehead atoms. The molecule has 3 aromatic carbocycles. The van der Waals surface area contributed by atoms with E-state index in [4.69, 9.17) is 21.1 Å². The Labute approximate surface area is 203 Å². The second-order valence-electron chi connectivity index (χ2n) is 7.40. The molecule has 0 aliphatic heterocycles. The van der Waals surface area contributed by atoms with Gasteiger partial charge in [-0.2, -0.15) is 5.10 Å². The number of benzene rings is 3. The SMILES string of the molecule is CCOc1cc(C=NNC(=O)CC(=O)Nc2ccc(C)cc2)ccc1OCc1ccccc1Cl. The average Bonchev–Trinajstić information content (AvgIpc) is 2.81. The number of amides is 2. The Morgan fingerprint density at radius 1 is 0.971 bits per heavy atom. The summed E-state index contributed by atoms with van der Waals surface area (Å²) < 4.78 is 11.6. The highest BCUT2D eigenvalue weighted by atomic mass is 35.5. The summed E-state index contributed by atoms with van der Waals surface area (Å²) in [7, 11) is 0. The quantitative estimate of drug-likeness (QED) is 0.240. The van der Waals surface area contributed by atoms with Gasteiger partial charge in [0.2, 0.25) is 11.8 Å². The molecule has 3 aromatic rings. The summed E-state index contributed by atoms with van der Waals surface area (Å²) >= 11 is 6.19. The summed E-state index contributed by atoms with van der Waals surface area (Å²) in [6.45, 7) is 4.58. The first-order valence-corrected chi connectivity index (χ1v) is 11.1. The number of ether oxygens (including phenoxy) is 2. The second-order valence-corrected chi connectivity index (χ2v) is 7.81. The minimum absolute atomic E-state index is 0.299. The third kappa shape index (κ3) is 7.64. The number of aryl methyl sites for hydroxylation is 1. The zero-order valence-corrected chi connectivity index (χ0v) is 19.8. The number of anilines is 1. The van der Waals surface area contributed by atoms with Crippen LogP contribution in [0.15, 0.2) is 71.8 Å². The van der Waals surface area contributed by atoms with Gasteiger partial charge in [-0.3, -0.25) is 9.59 Å². The maximum atomic E-state index is 12.0. The number of nitrogens with one attached hydrogen (secondary N) is 2. The third-order valence-corrected chi connectivity index (χ3v) is 5.04. The molecule has 0 radical (unpaired) electrons. The van der Waals surface area contributed by atoms with Crippen LogP contribution in [0.5, 0.6) is 11.5 Å². The lowest BCUT2D eigenvalue weighted by molar-refractivity contribution is -0.126. The molecule has 0 spiro atoms. The van der Waals surface area contributed by atoms with Crippen LogP contribution in [0.4, 0.5) is 5.69 Å². The molecule has 34 heavy (non-hydrogen) atoms. The third-order valence-electron chi connectivity index (χ3n) is 4.67. The van der Waals surface area contributed by atoms with Crippen LogP contribution in [-0.4, -0.2) is 24.6 Å². The number of carbonyl (C=O) groups is 2. The lowest BCUT2D eigenvalue weighted by atomic mass is 10.2. The summed E-state index contributed by atoms with van der Waals surface area (Å²) in [5.74, 6) is 0.166. The van der Waals surface area contributed by atoms with Gasteiger partial charge in [0.05, 0.1) is 12.8 Å². The van der Waals surface area contributed by atoms with Crippen molar-refractivity contribution in [2.24, 2.45) is 5.10 Å². The van der Waals surface area contributed by atoms with E-state index in [1.54, 1.807) is 30.3 Å². The van der Waals surface area contributed by atoms with Crippen molar-refractivity contribution >= 4 is 35.3 Å². The van der Waals surface area contributed by atoms with Crippen molar-refractivity contribution < 1.29 is 19.1 Å². The van der Waals surface area contributed by atoms with Crippen LogP contribution in [-0.2, 0) is 16.2 Å². The minimum Gasteiger partial charge on any atom is -0.490 e. The Morgan fingerprint density at radius 3 is 2.47 bits per heavy atom. The summed E-state index contributed by atoms with van der Waals surface area (Å²) in [4.78, 5) is 24.0. The molecule has 0 aromatic heterocycles. The number of hydrazone groups is 1. The molecule has 0 fully saturated rings.